The molecule has 5 nitrogen and oxygen atoms in total. The fourth-order valence-corrected chi connectivity index (χ4v) is 3.13. The zero-order chi connectivity index (χ0) is 17.0. The highest BCUT2D eigenvalue weighted by molar-refractivity contribution is 5.94. The molecule has 0 N–H and O–H groups in total. The number of carbonyl (C=O) groups is 1. The second-order valence-electron chi connectivity index (χ2n) is 7.02. The van der Waals surface area contributed by atoms with Gasteiger partial charge in [-0.25, -0.2) is 0 Å². The van der Waals surface area contributed by atoms with Gasteiger partial charge in [-0.3, -0.25) is 9.69 Å². The summed E-state index contributed by atoms with van der Waals surface area (Å²) in [7, 11) is 5.25. The summed E-state index contributed by atoms with van der Waals surface area (Å²) in [4.78, 5) is 16.1. The smallest absolute Gasteiger partial charge is 0.253 e. The van der Waals surface area contributed by atoms with Gasteiger partial charge in [0.2, 0.25) is 0 Å². The van der Waals surface area contributed by atoms with E-state index in [1.54, 1.807) is 26.1 Å². The molecule has 1 heterocycles. The van der Waals surface area contributed by atoms with Gasteiger partial charge in [-0.2, -0.15) is 0 Å². The topological polar surface area (TPSA) is 42.0 Å². The maximum absolute atomic E-state index is 12.1. The van der Waals surface area contributed by atoms with Crippen LogP contribution in [0.2, 0.25) is 0 Å². The zero-order valence-electron chi connectivity index (χ0n) is 14.8. The standard InChI is InChI=1S/C18H28N2O3/c1-18(2)13-20(11-16(23-18)12-22-5)10-14-7-6-8-15(9-14)17(21)19(3)4/h6-9,16H,10-13H2,1-5H3/t16-/m0/s1. The monoisotopic (exact) mass is 320 g/mol. The fraction of sp³-hybridized carbons (Fsp3) is 0.611. The lowest BCUT2D eigenvalue weighted by atomic mass is 10.0. The predicted octanol–water partition coefficient (Wildman–Crippen LogP) is 2.01. The van der Waals surface area contributed by atoms with Crippen molar-refractivity contribution < 1.29 is 14.3 Å². The Morgan fingerprint density at radius 2 is 2.17 bits per heavy atom. The summed E-state index contributed by atoms with van der Waals surface area (Å²) in [6, 6.07) is 7.86. The van der Waals surface area contributed by atoms with Gasteiger partial charge in [0.15, 0.2) is 0 Å². The van der Waals surface area contributed by atoms with Gasteiger partial charge in [-0.1, -0.05) is 12.1 Å². The second-order valence-corrected chi connectivity index (χ2v) is 7.02. The maximum atomic E-state index is 12.1. The summed E-state index contributed by atoms with van der Waals surface area (Å²) in [5.74, 6) is 0.0337. The highest BCUT2D eigenvalue weighted by atomic mass is 16.5. The Balaban J connectivity index is 2.08. The second kappa shape index (κ2) is 7.43. The Morgan fingerprint density at radius 1 is 1.43 bits per heavy atom. The molecule has 0 spiro atoms. The largest absolute Gasteiger partial charge is 0.382 e. The average molecular weight is 320 g/mol. The molecule has 1 amide bonds. The quantitative estimate of drug-likeness (QED) is 0.832. The molecule has 0 radical (unpaired) electrons. The van der Waals surface area contributed by atoms with Gasteiger partial charge in [0, 0.05) is 46.4 Å². The number of nitrogens with zero attached hydrogens (tertiary/aromatic N) is 2. The predicted molar refractivity (Wildman–Crippen MR) is 90.6 cm³/mol. The highest BCUT2D eigenvalue weighted by Gasteiger charge is 2.33. The minimum Gasteiger partial charge on any atom is -0.382 e. The van der Waals surface area contributed by atoms with E-state index in [1.807, 2.05) is 18.2 Å². The molecule has 1 aliphatic rings. The molecule has 2 rings (SSSR count). The van der Waals surface area contributed by atoms with E-state index < -0.39 is 0 Å². The first-order valence-electron chi connectivity index (χ1n) is 8.00. The van der Waals surface area contributed by atoms with Gasteiger partial charge < -0.3 is 14.4 Å². The molecule has 0 aliphatic carbocycles. The van der Waals surface area contributed by atoms with Crippen molar-refractivity contribution in [2.75, 3.05) is 40.9 Å². The number of hydrogen-bond acceptors (Lipinski definition) is 4. The van der Waals surface area contributed by atoms with E-state index in [0.717, 1.165) is 30.8 Å². The third-order valence-corrected chi connectivity index (χ3v) is 3.89. The minimum absolute atomic E-state index is 0.0337. The highest BCUT2D eigenvalue weighted by Crippen LogP contribution is 2.23. The van der Waals surface area contributed by atoms with Gasteiger partial charge in [0.05, 0.1) is 18.3 Å². The fourth-order valence-electron chi connectivity index (χ4n) is 3.13. The van der Waals surface area contributed by atoms with Crippen molar-refractivity contribution in [2.45, 2.75) is 32.1 Å². The van der Waals surface area contributed by atoms with Crippen LogP contribution >= 0.6 is 0 Å². The number of hydrogen-bond donors (Lipinski definition) is 0. The molecule has 1 aromatic rings. The molecular formula is C18H28N2O3. The van der Waals surface area contributed by atoms with Crippen molar-refractivity contribution in [3.05, 3.63) is 35.4 Å². The molecule has 0 bridgehead atoms. The van der Waals surface area contributed by atoms with Crippen LogP contribution in [0.4, 0.5) is 0 Å². The molecule has 23 heavy (non-hydrogen) atoms. The maximum Gasteiger partial charge on any atom is 0.253 e. The summed E-state index contributed by atoms with van der Waals surface area (Å²) < 4.78 is 11.3. The normalized spacial score (nSPS) is 21.2. The van der Waals surface area contributed by atoms with Crippen LogP contribution in [-0.2, 0) is 16.0 Å². The molecule has 128 valence electrons. The Labute approximate surface area is 139 Å². The first-order chi connectivity index (χ1) is 10.8. The van der Waals surface area contributed by atoms with Crippen LogP contribution in [0.25, 0.3) is 0 Å². The molecule has 1 atom stereocenters. The number of benzene rings is 1. The molecule has 1 fully saturated rings. The number of methoxy groups -OCH3 is 1. The number of morpholine rings is 1. The van der Waals surface area contributed by atoms with E-state index in [2.05, 4.69) is 24.8 Å². The van der Waals surface area contributed by atoms with Crippen molar-refractivity contribution in [2.24, 2.45) is 0 Å². The van der Waals surface area contributed by atoms with Crippen LogP contribution in [0.3, 0.4) is 0 Å². The first-order valence-corrected chi connectivity index (χ1v) is 8.00. The molecule has 0 saturated carbocycles. The Bertz CT molecular complexity index is 543. The molecule has 1 saturated heterocycles. The zero-order valence-corrected chi connectivity index (χ0v) is 14.8. The molecule has 1 aromatic carbocycles. The first kappa shape index (κ1) is 17.9. The van der Waals surface area contributed by atoms with E-state index >= 15 is 0 Å². The number of amides is 1. The summed E-state index contributed by atoms with van der Waals surface area (Å²) in [6.45, 7) is 7.31. The number of rotatable bonds is 5. The Morgan fingerprint density at radius 3 is 2.83 bits per heavy atom. The molecule has 0 aromatic heterocycles. The van der Waals surface area contributed by atoms with Crippen molar-refractivity contribution in [3.8, 4) is 0 Å². The molecule has 5 heteroatoms. The Kier molecular flexibility index (Phi) is 5.79. The van der Waals surface area contributed by atoms with Crippen LogP contribution in [0.5, 0.6) is 0 Å². The molecule has 0 unspecified atom stereocenters. The summed E-state index contributed by atoms with van der Waals surface area (Å²) >= 11 is 0. The molecule has 1 aliphatic heterocycles. The van der Waals surface area contributed by atoms with Crippen molar-refractivity contribution >= 4 is 5.91 Å². The van der Waals surface area contributed by atoms with E-state index in [1.165, 1.54) is 0 Å². The lowest BCUT2D eigenvalue weighted by Crippen LogP contribution is -2.53. The van der Waals surface area contributed by atoms with E-state index in [0.29, 0.717) is 6.61 Å². The van der Waals surface area contributed by atoms with Crippen molar-refractivity contribution in [1.29, 1.82) is 0 Å². The lowest BCUT2D eigenvalue weighted by molar-refractivity contribution is -0.154. The third-order valence-electron chi connectivity index (χ3n) is 3.89. The number of carbonyl (C=O) groups excluding carboxylic acids is 1. The van der Waals surface area contributed by atoms with Crippen LogP contribution in [0.15, 0.2) is 24.3 Å². The van der Waals surface area contributed by atoms with E-state index in [-0.39, 0.29) is 17.6 Å². The van der Waals surface area contributed by atoms with E-state index in [9.17, 15) is 4.79 Å². The van der Waals surface area contributed by atoms with Crippen molar-refractivity contribution in [3.63, 3.8) is 0 Å². The van der Waals surface area contributed by atoms with Crippen LogP contribution in [0.1, 0.15) is 29.8 Å². The van der Waals surface area contributed by atoms with E-state index in [4.69, 9.17) is 9.47 Å². The van der Waals surface area contributed by atoms with Crippen LogP contribution < -0.4 is 0 Å². The number of ether oxygens (including phenoxy) is 2. The van der Waals surface area contributed by atoms with Gasteiger partial charge in [0.1, 0.15) is 0 Å². The molecular weight excluding hydrogens is 292 g/mol. The third kappa shape index (κ3) is 5.03. The summed E-state index contributed by atoms with van der Waals surface area (Å²) in [6.07, 6.45) is 0.0790. The minimum atomic E-state index is -0.196. The van der Waals surface area contributed by atoms with Gasteiger partial charge in [0.25, 0.3) is 5.91 Å². The lowest BCUT2D eigenvalue weighted by Gasteiger charge is -2.42. The average Bonchev–Trinajstić information content (AvgIpc) is 2.45. The van der Waals surface area contributed by atoms with Crippen molar-refractivity contribution in [1.82, 2.24) is 9.80 Å². The summed E-state index contributed by atoms with van der Waals surface area (Å²) in [5, 5.41) is 0. The SMILES string of the molecule is COC[C@@H]1CN(Cc2cccc(C(=O)N(C)C)c2)CC(C)(C)O1. The Hall–Kier alpha value is -1.43. The van der Waals surface area contributed by atoms with Gasteiger partial charge >= 0.3 is 0 Å². The van der Waals surface area contributed by atoms with Gasteiger partial charge in [-0.15, -0.1) is 0 Å². The van der Waals surface area contributed by atoms with Gasteiger partial charge in [-0.05, 0) is 31.5 Å². The van der Waals surface area contributed by atoms with Crippen LogP contribution in [0, 0.1) is 0 Å². The summed E-state index contributed by atoms with van der Waals surface area (Å²) in [5.41, 5.74) is 1.68. The van der Waals surface area contributed by atoms with Crippen LogP contribution in [-0.4, -0.2) is 68.3 Å².